The van der Waals surface area contributed by atoms with Crippen LogP contribution in [0.4, 0.5) is 51.7 Å². The van der Waals surface area contributed by atoms with E-state index >= 15 is 0 Å². The van der Waals surface area contributed by atoms with Crippen LogP contribution in [-0.4, -0.2) is 140 Å². The molecule has 4 aromatic heterocycles. The van der Waals surface area contributed by atoms with Crippen molar-refractivity contribution in [2.45, 2.75) is 0 Å². The average molecular weight is 1410 g/mol. The van der Waals surface area contributed by atoms with E-state index in [1.54, 1.807) is 104 Å². The number of hydrogen-bond acceptors (Lipinski definition) is 20. The van der Waals surface area contributed by atoms with Crippen LogP contribution in [0.2, 0.25) is 0 Å². The molecule has 19 N–H and O–H groups in total. The first kappa shape index (κ1) is 77.4. The molecule has 7 aromatic carbocycles. The molecule has 0 radical (unpaired) electrons. The summed E-state index contributed by atoms with van der Waals surface area (Å²) < 4.78 is 1.06. The van der Waals surface area contributed by atoms with Gasteiger partial charge in [0.2, 0.25) is 0 Å². The van der Waals surface area contributed by atoms with E-state index in [1.807, 2.05) is 155 Å². The maximum absolute atomic E-state index is 7.46. The van der Waals surface area contributed by atoms with Crippen molar-refractivity contribution in [1.29, 1.82) is 16.2 Å². The number of nitrogens with one attached hydrogen (secondary N) is 3. The lowest BCUT2D eigenvalue weighted by molar-refractivity contribution is 0.464. The van der Waals surface area contributed by atoms with E-state index in [2.05, 4.69) is 97.8 Å². The molecule has 24 heteroatoms. The van der Waals surface area contributed by atoms with Gasteiger partial charge in [0.05, 0.1) is 43.1 Å². The number of benzene rings is 7. The SMILES string of the molecule is C#CCN(C)C.CN(C)CC#Cc1ccc2cnc(N)c(N=Nc3ccc(C(=N)N)cc3)c2c1.CN(C)CC#Cc1ccc2cnc(N)cc2c1.CN(C)CC#Cc1ccc2cnc(N)cc2c1N=Nc1ccc(C(=N)N)cc1.N=C(N)c1ccc(N)cc1.Nc1cc2cc(Br)ccc2cn1. The third-order valence-corrected chi connectivity index (χ3v) is 14.1. The van der Waals surface area contributed by atoms with Crippen molar-refractivity contribution in [1.82, 2.24) is 39.5 Å². The Morgan fingerprint density at radius 1 is 0.406 bits per heavy atom. The molecule has 0 fully saturated rings. The van der Waals surface area contributed by atoms with Crippen molar-refractivity contribution in [3.8, 4) is 47.9 Å². The van der Waals surface area contributed by atoms with Gasteiger partial charge in [-0.15, -0.1) is 16.7 Å². The maximum Gasteiger partial charge on any atom is 0.151 e. The zero-order chi connectivity index (χ0) is 73.5. The molecule has 101 heavy (non-hydrogen) atoms. The van der Waals surface area contributed by atoms with Crippen LogP contribution in [0, 0.1) is 64.1 Å². The Kier molecular flexibility index (Phi) is 29.8. The number of halogens is 1. The van der Waals surface area contributed by atoms with Crippen LogP contribution < -0.4 is 45.9 Å². The van der Waals surface area contributed by atoms with E-state index < -0.39 is 0 Å². The summed E-state index contributed by atoms with van der Waals surface area (Å²) in [5.74, 6) is 23.2. The van der Waals surface area contributed by atoms with Crippen molar-refractivity contribution in [3.05, 3.63) is 220 Å². The van der Waals surface area contributed by atoms with Crippen LogP contribution >= 0.6 is 15.9 Å². The van der Waals surface area contributed by atoms with Crippen LogP contribution in [0.5, 0.6) is 0 Å². The van der Waals surface area contributed by atoms with Crippen LogP contribution in [0.25, 0.3) is 43.1 Å². The number of azo groups is 2. The lowest BCUT2D eigenvalue weighted by Gasteiger charge is -2.06. The van der Waals surface area contributed by atoms with Crippen LogP contribution in [0.15, 0.2) is 207 Å². The van der Waals surface area contributed by atoms with E-state index in [1.165, 1.54) is 0 Å². The lowest BCUT2D eigenvalue weighted by Crippen LogP contribution is -2.10. The topological polar surface area (TPSA) is 394 Å². The molecule has 11 rings (SSSR count). The zero-order valence-corrected chi connectivity index (χ0v) is 59.2. The quantitative estimate of drug-likeness (QED) is 0.0188. The second kappa shape index (κ2) is 38.9. The standard InChI is InChI=1S/2C21H21N7.C14H15N3.C9H7BrN2.C7H9N3.C5H9N/c1-28(2)11-3-4-14-5-6-16-13-25-19(22)12-18(16)20(14)27-26-17-9-7-15(8-10-17)21(23)24;1-28(2)11-3-4-14-5-6-16-13-25-21(24)19(18(16)12-14)27-26-17-9-7-15(8-10-17)20(22)23;1-17(2)7-3-4-11-5-6-12-10-16-14(15)9-13(12)8-11;10-8-2-1-6-5-12-9(11)4-7(6)3-8;8-6-3-1-5(2-4-6)7(9)10;1-4-5-6(2)3/h5-10,12-13H,11H2,1-2H3,(H2,22,25)(H3,23,24);5-10,12-13H,11H2,1-2H3,(H3,22,23)(H2,24,25);5-6,8-10H,7H2,1-2H3,(H2,15,16);1-5H,(H2,11,12);1-4H,8H2,(H3,9,10);1H,5H2,2-3H3. The second-order valence-electron chi connectivity index (χ2n) is 23.3. The minimum Gasteiger partial charge on any atom is -0.399 e. The number of nitrogens with zero attached hydrogens (tertiary/aromatic N) is 12. The molecule has 0 atom stereocenters. The molecule has 0 aliphatic carbocycles. The normalized spacial score (nSPS) is 10.5. The molecule has 512 valence electrons. The summed E-state index contributed by atoms with van der Waals surface area (Å²) in [6.45, 7) is 2.81. The highest BCUT2D eigenvalue weighted by atomic mass is 79.9. The first-order valence-electron chi connectivity index (χ1n) is 31.0. The molecule has 0 amide bonds. The number of pyridine rings is 4. The van der Waals surface area contributed by atoms with Gasteiger partial charge in [0.25, 0.3) is 0 Å². The highest BCUT2D eigenvalue weighted by molar-refractivity contribution is 9.10. The first-order chi connectivity index (χ1) is 48.2. The zero-order valence-electron chi connectivity index (χ0n) is 57.6. The molecule has 0 unspecified atom stereocenters. The minimum atomic E-state index is 0.00823. The number of rotatable bonds is 11. The maximum atomic E-state index is 7.46. The third-order valence-electron chi connectivity index (χ3n) is 13.6. The van der Waals surface area contributed by atoms with Crippen LogP contribution in [-0.2, 0) is 0 Å². The predicted octanol–water partition coefficient (Wildman–Crippen LogP) is 11.9. The Labute approximate surface area is 597 Å². The summed E-state index contributed by atoms with van der Waals surface area (Å²) >= 11 is 3.40. The molecule has 0 aliphatic heterocycles. The number of anilines is 5. The van der Waals surface area contributed by atoms with Gasteiger partial charge in [-0.25, -0.2) is 19.9 Å². The highest BCUT2D eigenvalue weighted by Gasteiger charge is 2.10. The highest BCUT2D eigenvalue weighted by Crippen LogP contribution is 2.34. The van der Waals surface area contributed by atoms with E-state index in [-0.39, 0.29) is 17.5 Å². The van der Waals surface area contributed by atoms with Gasteiger partial charge in [-0.2, -0.15) is 10.2 Å². The summed E-state index contributed by atoms with van der Waals surface area (Å²) in [6, 6.07) is 48.1. The monoisotopic (exact) mass is 1410 g/mol. The Hall–Kier alpha value is -12.7. The number of nitrogen functional groups attached to an aromatic ring is 8. The number of amidine groups is 3. The lowest BCUT2D eigenvalue weighted by atomic mass is 10.1. The van der Waals surface area contributed by atoms with Crippen molar-refractivity contribution in [2.75, 3.05) is 111 Å². The summed E-state index contributed by atoms with van der Waals surface area (Å²) in [6.07, 6.45) is 11.9. The molecule has 0 spiro atoms. The fourth-order valence-corrected chi connectivity index (χ4v) is 8.93. The second-order valence-corrected chi connectivity index (χ2v) is 24.2. The molecular weight excluding hydrogens is 1330 g/mol. The average Bonchev–Trinajstić information content (AvgIpc) is 0.808. The molecular formula is C77H82BrN23. The van der Waals surface area contributed by atoms with Gasteiger partial charge in [-0.3, -0.25) is 35.8 Å². The molecule has 4 heterocycles. The fourth-order valence-electron chi connectivity index (χ4n) is 8.55. The predicted molar refractivity (Wildman–Crippen MR) is 421 cm³/mol. The van der Waals surface area contributed by atoms with Crippen molar-refractivity contribution in [3.63, 3.8) is 0 Å². The summed E-state index contributed by atoms with van der Waals surface area (Å²) in [7, 11) is 15.8. The van der Waals surface area contributed by atoms with E-state index in [9.17, 15) is 0 Å². The summed E-state index contributed by atoms with van der Waals surface area (Å²) in [5.41, 5.74) is 52.4. The van der Waals surface area contributed by atoms with Crippen molar-refractivity contribution < 1.29 is 0 Å². The summed E-state index contributed by atoms with van der Waals surface area (Å²) in [5, 5.41) is 47.2. The largest absolute Gasteiger partial charge is 0.399 e. The minimum absolute atomic E-state index is 0.00823. The van der Waals surface area contributed by atoms with Crippen LogP contribution in [0.1, 0.15) is 33.4 Å². The van der Waals surface area contributed by atoms with E-state index in [4.69, 9.17) is 68.5 Å². The van der Waals surface area contributed by atoms with E-state index in [0.717, 1.165) is 77.3 Å². The van der Waals surface area contributed by atoms with Gasteiger partial charge in [0.15, 0.2) is 5.82 Å². The number of nitrogens with two attached hydrogens (primary N) is 8. The smallest absolute Gasteiger partial charge is 0.151 e. The molecule has 0 saturated heterocycles. The van der Waals surface area contributed by atoms with Crippen molar-refractivity contribution in [2.24, 2.45) is 37.7 Å². The molecule has 0 bridgehead atoms. The molecule has 0 saturated carbocycles. The molecule has 0 aliphatic rings. The Morgan fingerprint density at radius 3 is 1.26 bits per heavy atom. The van der Waals surface area contributed by atoms with Gasteiger partial charge in [-0.05, 0) is 201 Å². The Bertz CT molecular complexity index is 4940. The van der Waals surface area contributed by atoms with Gasteiger partial charge in [0, 0.05) is 95.1 Å². The van der Waals surface area contributed by atoms with Crippen molar-refractivity contribution >= 4 is 128 Å². The number of terminal acetylenes is 1. The van der Waals surface area contributed by atoms with Gasteiger partial charge < -0.3 is 45.9 Å². The number of aromatic nitrogens is 4. The number of fused-ring (bicyclic) bond motifs is 4. The van der Waals surface area contributed by atoms with Gasteiger partial charge in [0.1, 0.15) is 46.3 Å². The third kappa shape index (κ3) is 26.0. The molecule has 11 aromatic rings. The number of hydrogen-bond donors (Lipinski definition) is 11. The Morgan fingerprint density at radius 2 is 0.792 bits per heavy atom. The van der Waals surface area contributed by atoms with Gasteiger partial charge >= 0.3 is 0 Å². The summed E-state index contributed by atoms with van der Waals surface area (Å²) in [4.78, 5) is 24.4. The Balaban J connectivity index is 0.000000204. The molecule has 23 nitrogen and oxygen atoms in total. The van der Waals surface area contributed by atoms with Gasteiger partial charge in [-0.1, -0.05) is 81.6 Å². The van der Waals surface area contributed by atoms with E-state index in [0.29, 0.717) is 81.5 Å². The van der Waals surface area contributed by atoms with Crippen LogP contribution in [0.3, 0.4) is 0 Å². The fraction of sp³-hybridized carbons (Fsp3) is 0.156. The first-order valence-corrected chi connectivity index (χ1v) is 31.8.